The minimum Gasteiger partial charge on any atom is -0.480 e. The van der Waals surface area contributed by atoms with Gasteiger partial charge in [-0.2, -0.15) is 11.8 Å². The average Bonchev–Trinajstić information content (AvgIpc) is 3.31. The van der Waals surface area contributed by atoms with Crippen molar-refractivity contribution in [2.75, 3.05) is 32.3 Å². The summed E-state index contributed by atoms with van der Waals surface area (Å²) in [7, 11) is 1.75. The van der Waals surface area contributed by atoms with E-state index >= 15 is 0 Å². The fourth-order valence-corrected chi connectivity index (χ4v) is 6.98. The fraction of sp³-hybridized carbons (Fsp3) is 0.375. The van der Waals surface area contributed by atoms with Crippen LogP contribution in [0.15, 0.2) is 77.7 Å². The number of aryl methyl sites for hydroxylation is 1. The third kappa shape index (κ3) is 7.91. The lowest BCUT2D eigenvalue weighted by Crippen LogP contribution is -2.41. The third-order valence-electron chi connectivity index (χ3n) is 7.26. The van der Waals surface area contributed by atoms with E-state index in [9.17, 15) is 14.7 Å². The van der Waals surface area contributed by atoms with E-state index < -0.39 is 12.0 Å². The summed E-state index contributed by atoms with van der Waals surface area (Å²) >= 11 is 3.48. The lowest BCUT2D eigenvalue weighted by Gasteiger charge is -2.24. The van der Waals surface area contributed by atoms with Gasteiger partial charge in [-0.15, -0.1) is 11.8 Å². The van der Waals surface area contributed by atoms with E-state index in [1.165, 1.54) is 4.90 Å². The van der Waals surface area contributed by atoms with Crippen LogP contribution in [0, 0.1) is 6.92 Å². The van der Waals surface area contributed by atoms with Crippen LogP contribution >= 0.6 is 23.5 Å². The Morgan fingerprint density at radius 2 is 1.82 bits per heavy atom. The number of carbonyl (C=O) groups excluding carboxylic acids is 1. The van der Waals surface area contributed by atoms with Gasteiger partial charge in [0.05, 0.1) is 6.61 Å². The number of thioether (sulfide) groups is 2. The smallest absolute Gasteiger partial charge is 0.326 e. The molecule has 4 rings (SSSR count). The number of amides is 1. The highest BCUT2D eigenvalue weighted by atomic mass is 32.2. The van der Waals surface area contributed by atoms with Crippen molar-refractivity contribution >= 4 is 35.4 Å². The molecule has 1 aliphatic rings. The molecule has 6 nitrogen and oxygen atoms in total. The molecule has 1 aliphatic heterocycles. The molecule has 0 radical (unpaired) electrons. The van der Waals surface area contributed by atoms with Crippen LogP contribution in [0.3, 0.4) is 0 Å². The molecule has 1 unspecified atom stereocenters. The molecule has 1 fully saturated rings. The molecule has 2 N–H and O–H groups in total. The van der Waals surface area contributed by atoms with Crippen molar-refractivity contribution in [3.8, 4) is 11.1 Å². The molecule has 0 bridgehead atoms. The van der Waals surface area contributed by atoms with Crippen molar-refractivity contribution < 1.29 is 19.4 Å². The third-order valence-corrected chi connectivity index (χ3v) is 9.12. The summed E-state index contributed by atoms with van der Waals surface area (Å²) in [4.78, 5) is 29.0. The molecule has 1 amide bonds. The van der Waals surface area contributed by atoms with Gasteiger partial charge in [0.2, 0.25) is 0 Å². The van der Waals surface area contributed by atoms with Crippen LogP contribution in [0.5, 0.6) is 0 Å². The van der Waals surface area contributed by atoms with Gasteiger partial charge in [-0.25, -0.2) is 4.79 Å². The van der Waals surface area contributed by atoms with Gasteiger partial charge >= 0.3 is 5.97 Å². The Morgan fingerprint density at radius 3 is 2.52 bits per heavy atom. The number of rotatable bonds is 13. The van der Waals surface area contributed by atoms with Gasteiger partial charge in [-0.05, 0) is 78.3 Å². The minimum atomic E-state index is -1.02. The number of nitrogens with zero attached hydrogens (tertiary/aromatic N) is 1. The van der Waals surface area contributed by atoms with Crippen LogP contribution in [0.2, 0.25) is 0 Å². The zero-order chi connectivity index (χ0) is 28.5. The zero-order valence-electron chi connectivity index (χ0n) is 23.3. The van der Waals surface area contributed by atoms with Crippen molar-refractivity contribution in [1.82, 2.24) is 10.2 Å². The van der Waals surface area contributed by atoms with Crippen LogP contribution in [-0.2, 0) is 16.1 Å². The first kappa shape index (κ1) is 30.2. The second kappa shape index (κ2) is 14.7. The largest absolute Gasteiger partial charge is 0.480 e. The van der Waals surface area contributed by atoms with Gasteiger partial charge in [-0.3, -0.25) is 9.69 Å². The summed E-state index contributed by atoms with van der Waals surface area (Å²) in [6.45, 7) is 4.39. The molecule has 0 aromatic heterocycles. The number of ether oxygens (including phenoxy) is 1. The molecular formula is C32H38N2O4S2. The first-order valence-electron chi connectivity index (χ1n) is 13.6. The molecule has 3 atom stereocenters. The summed E-state index contributed by atoms with van der Waals surface area (Å²) in [5.74, 6) is -0.725. The Morgan fingerprint density at radius 1 is 1.07 bits per heavy atom. The number of methoxy groups -OCH3 is 1. The van der Waals surface area contributed by atoms with Gasteiger partial charge in [-0.1, -0.05) is 48.5 Å². The van der Waals surface area contributed by atoms with E-state index in [1.54, 1.807) is 18.9 Å². The van der Waals surface area contributed by atoms with Crippen LogP contribution < -0.4 is 5.32 Å². The van der Waals surface area contributed by atoms with Gasteiger partial charge < -0.3 is 15.2 Å². The van der Waals surface area contributed by atoms with Gasteiger partial charge in [0.15, 0.2) is 0 Å². The van der Waals surface area contributed by atoms with Gasteiger partial charge in [0, 0.05) is 42.0 Å². The normalized spacial score (nSPS) is 18.0. The summed E-state index contributed by atoms with van der Waals surface area (Å²) < 4.78 is 5.58. The molecule has 0 spiro atoms. The van der Waals surface area contributed by atoms with Crippen LogP contribution in [0.1, 0.15) is 34.3 Å². The molecule has 3 aromatic rings. The maximum absolute atomic E-state index is 13.4. The van der Waals surface area contributed by atoms with Crippen LogP contribution in [0.25, 0.3) is 11.1 Å². The van der Waals surface area contributed by atoms with Crippen molar-refractivity contribution in [3.05, 3.63) is 89.5 Å². The Balaban J connectivity index is 1.59. The predicted octanol–water partition coefficient (Wildman–Crippen LogP) is 5.98. The summed E-state index contributed by atoms with van der Waals surface area (Å²) in [6.07, 6.45) is 3.35. The number of hydrogen-bond acceptors (Lipinski definition) is 6. The van der Waals surface area contributed by atoms with E-state index in [0.717, 1.165) is 41.8 Å². The van der Waals surface area contributed by atoms with Gasteiger partial charge in [0.25, 0.3) is 5.91 Å². The van der Waals surface area contributed by atoms with Crippen LogP contribution in [0.4, 0.5) is 0 Å². The first-order chi connectivity index (χ1) is 19.4. The summed E-state index contributed by atoms with van der Waals surface area (Å²) in [5, 5.41) is 12.9. The standard InChI is InChI=1S/C32H38N2O4S2/c1-22-9-7-8-12-27(22)29-17-23(13-14-28(29)31(35)33-30(32(36)37)15-16-39-3)19-34-20-26(18-24(34)21-38-2)40-25-10-5-4-6-11-25/h4-14,17,24,26,30H,15-16,18-21H2,1-3H3,(H,33,35)(H,36,37)/t24?,26-,30-/m0/s1. The second-order valence-corrected chi connectivity index (χ2v) is 12.5. The molecule has 0 saturated carbocycles. The first-order valence-corrected chi connectivity index (χ1v) is 15.8. The molecule has 8 heteroatoms. The zero-order valence-corrected chi connectivity index (χ0v) is 25.0. The number of nitrogens with one attached hydrogen (secondary N) is 1. The maximum Gasteiger partial charge on any atom is 0.326 e. The highest BCUT2D eigenvalue weighted by Crippen LogP contribution is 2.35. The van der Waals surface area contributed by atoms with Crippen molar-refractivity contribution in [1.29, 1.82) is 0 Å². The number of hydrogen-bond donors (Lipinski definition) is 2. The molecule has 212 valence electrons. The van der Waals surface area contributed by atoms with Gasteiger partial charge in [0.1, 0.15) is 6.04 Å². The number of carbonyl (C=O) groups is 2. The lowest BCUT2D eigenvalue weighted by atomic mass is 9.93. The SMILES string of the molecule is COCC1C[C@H](Sc2ccccc2)CN1Cc1ccc(C(=O)N[C@@H](CCSC)C(=O)O)c(-c2ccccc2C)c1. The highest BCUT2D eigenvalue weighted by molar-refractivity contribution is 8.00. The molecule has 3 aromatic carbocycles. The molecule has 40 heavy (non-hydrogen) atoms. The van der Waals surface area contributed by atoms with Crippen molar-refractivity contribution in [2.24, 2.45) is 0 Å². The van der Waals surface area contributed by atoms with E-state index in [0.29, 0.717) is 35.6 Å². The number of likely N-dealkylation sites (tertiary alicyclic amines) is 1. The molecular weight excluding hydrogens is 540 g/mol. The van der Waals surface area contributed by atoms with E-state index in [-0.39, 0.29) is 5.91 Å². The molecule has 0 aliphatic carbocycles. The lowest BCUT2D eigenvalue weighted by molar-refractivity contribution is -0.139. The number of benzene rings is 3. The summed E-state index contributed by atoms with van der Waals surface area (Å²) in [5.41, 5.74) is 4.44. The highest BCUT2D eigenvalue weighted by Gasteiger charge is 2.33. The van der Waals surface area contributed by atoms with Crippen molar-refractivity contribution in [2.45, 2.75) is 48.5 Å². The maximum atomic E-state index is 13.4. The molecule has 1 heterocycles. The van der Waals surface area contributed by atoms with Crippen LogP contribution in [-0.4, -0.2) is 71.5 Å². The second-order valence-electron chi connectivity index (χ2n) is 10.2. The minimum absolute atomic E-state index is 0.309. The van der Waals surface area contributed by atoms with E-state index in [2.05, 4.69) is 40.5 Å². The number of aliphatic carboxylic acids is 1. The Kier molecular flexibility index (Phi) is 11.1. The van der Waals surface area contributed by atoms with Crippen molar-refractivity contribution in [3.63, 3.8) is 0 Å². The summed E-state index contributed by atoms with van der Waals surface area (Å²) in [6, 6.07) is 23.8. The fourth-order valence-electron chi connectivity index (χ4n) is 5.22. The topological polar surface area (TPSA) is 78.9 Å². The number of carboxylic acid groups (broad SMARTS) is 1. The Bertz CT molecular complexity index is 1290. The van der Waals surface area contributed by atoms with E-state index in [1.807, 2.05) is 67.4 Å². The number of carboxylic acids is 1. The quantitative estimate of drug-likeness (QED) is 0.258. The average molecular weight is 579 g/mol. The predicted molar refractivity (Wildman–Crippen MR) is 165 cm³/mol. The van der Waals surface area contributed by atoms with E-state index in [4.69, 9.17) is 4.74 Å². The molecule has 1 saturated heterocycles. The Labute approximate surface area is 245 Å². The Hall–Kier alpha value is -2.78. The monoisotopic (exact) mass is 578 g/mol.